The molecule has 0 bridgehead atoms. The van der Waals surface area contributed by atoms with Gasteiger partial charge in [0, 0.05) is 12.1 Å². The second kappa shape index (κ2) is 14.0. The van der Waals surface area contributed by atoms with Crippen LogP contribution in [0.25, 0.3) is 11.1 Å². The Morgan fingerprint density at radius 1 is 0.900 bits per heavy atom. The molecule has 7 N–H and O–H groups in total. The van der Waals surface area contributed by atoms with E-state index < -0.39 is 42.7 Å². The summed E-state index contributed by atoms with van der Waals surface area (Å²) in [5.41, 5.74) is 13.0. The fourth-order valence-corrected chi connectivity index (χ4v) is 4.11. The zero-order chi connectivity index (χ0) is 29.2. The van der Waals surface area contributed by atoms with Crippen molar-refractivity contribution in [2.45, 2.75) is 0 Å². The minimum absolute atomic E-state index is 0.100. The minimum atomic E-state index is -1.43. The number of nitrogens with one attached hydrogen (secondary N) is 3. The summed E-state index contributed by atoms with van der Waals surface area (Å²) in [5.74, 6) is -4.51. The molecule has 40 heavy (non-hydrogen) atoms. The normalized spacial score (nSPS) is 11.1. The van der Waals surface area contributed by atoms with E-state index in [0.29, 0.717) is 5.69 Å². The molecule has 0 aliphatic carbocycles. The number of ether oxygens (including phenoxy) is 1. The third-order valence-electron chi connectivity index (χ3n) is 5.48. The van der Waals surface area contributed by atoms with E-state index in [-0.39, 0.29) is 27.3 Å². The molecule has 0 saturated heterocycles. The van der Waals surface area contributed by atoms with Crippen molar-refractivity contribution in [2.24, 2.45) is 22.4 Å². The summed E-state index contributed by atoms with van der Waals surface area (Å²) in [4.78, 5) is 53.9. The highest BCUT2D eigenvalue weighted by molar-refractivity contribution is 6.40. The van der Waals surface area contributed by atoms with Crippen molar-refractivity contribution >= 4 is 64.2 Å². The van der Waals surface area contributed by atoms with Crippen molar-refractivity contribution < 1.29 is 23.9 Å². The van der Waals surface area contributed by atoms with Crippen LogP contribution in [-0.4, -0.2) is 49.8 Å². The van der Waals surface area contributed by atoms with Crippen LogP contribution in [0.5, 0.6) is 0 Å². The molecule has 0 fully saturated rings. The van der Waals surface area contributed by atoms with Gasteiger partial charge in [0.05, 0.1) is 35.1 Å². The van der Waals surface area contributed by atoms with Gasteiger partial charge in [-0.3, -0.25) is 19.2 Å². The predicted octanol–water partition coefficient (Wildman–Crippen LogP) is 2.84. The molecule has 3 aromatic carbocycles. The van der Waals surface area contributed by atoms with Crippen LogP contribution in [0.4, 0.5) is 11.4 Å². The van der Waals surface area contributed by atoms with E-state index in [2.05, 4.69) is 20.9 Å². The number of carbonyl (C=O) groups excluding carboxylic acids is 4. The zero-order valence-electron chi connectivity index (χ0n) is 21.2. The van der Waals surface area contributed by atoms with Gasteiger partial charge in [-0.1, -0.05) is 59.6 Å². The van der Waals surface area contributed by atoms with Crippen molar-refractivity contribution in [1.82, 2.24) is 10.6 Å². The average molecular weight is 585 g/mol. The van der Waals surface area contributed by atoms with E-state index in [1.54, 1.807) is 24.3 Å². The Morgan fingerprint density at radius 2 is 1.57 bits per heavy atom. The maximum atomic E-state index is 13.0. The molecular weight excluding hydrogens is 559 g/mol. The van der Waals surface area contributed by atoms with Crippen LogP contribution < -0.4 is 27.4 Å². The highest BCUT2D eigenvalue weighted by Crippen LogP contribution is 2.36. The van der Waals surface area contributed by atoms with Gasteiger partial charge < -0.3 is 32.2 Å². The van der Waals surface area contributed by atoms with Crippen LogP contribution >= 0.6 is 23.2 Å². The molecule has 0 aromatic heterocycles. The SMILES string of the molecule is COC(=O)[C@@H](CNC(=O)CNC(=O)c1cccc(N=C(N)N)c1)C(=O)Nc1c(Cl)cc(-c2ccccc2)cc1Cl. The lowest BCUT2D eigenvalue weighted by Gasteiger charge is -2.17. The number of nitrogens with two attached hydrogens (primary N) is 2. The molecule has 0 aliphatic heterocycles. The predicted molar refractivity (Wildman–Crippen MR) is 153 cm³/mol. The Labute approximate surface area is 239 Å². The maximum Gasteiger partial charge on any atom is 0.320 e. The van der Waals surface area contributed by atoms with Crippen LogP contribution in [0.3, 0.4) is 0 Å². The average Bonchev–Trinajstić information content (AvgIpc) is 2.93. The summed E-state index contributed by atoms with van der Waals surface area (Å²) in [5, 5.41) is 7.71. The lowest BCUT2D eigenvalue weighted by molar-refractivity contribution is -0.148. The van der Waals surface area contributed by atoms with Crippen molar-refractivity contribution in [1.29, 1.82) is 0 Å². The largest absolute Gasteiger partial charge is 0.468 e. The third-order valence-corrected chi connectivity index (χ3v) is 6.08. The second-order valence-electron chi connectivity index (χ2n) is 8.32. The molecule has 0 unspecified atom stereocenters. The van der Waals surface area contributed by atoms with E-state index in [1.807, 2.05) is 30.3 Å². The standard InChI is InChI=1S/C27H26Cl2N6O5/c1-40-26(39)19(13-32-22(36)14-33-24(37)16-8-5-9-18(10-16)34-27(30)31)25(38)35-23-20(28)11-17(12-21(23)29)15-6-3-2-4-7-15/h2-12,19H,13-14H2,1H3,(H,32,36)(H,33,37)(H,35,38)(H4,30,31,34)/t19-/m0/s1. The molecule has 3 rings (SSSR count). The van der Waals surface area contributed by atoms with E-state index in [0.717, 1.165) is 18.2 Å². The van der Waals surface area contributed by atoms with Gasteiger partial charge in [-0.2, -0.15) is 0 Å². The van der Waals surface area contributed by atoms with Crippen molar-refractivity contribution in [3.63, 3.8) is 0 Å². The van der Waals surface area contributed by atoms with Gasteiger partial charge in [0.1, 0.15) is 0 Å². The van der Waals surface area contributed by atoms with Gasteiger partial charge in [0.2, 0.25) is 11.8 Å². The van der Waals surface area contributed by atoms with Crippen LogP contribution in [0.15, 0.2) is 71.7 Å². The molecule has 0 heterocycles. The molecule has 13 heteroatoms. The Balaban J connectivity index is 1.62. The number of anilines is 1. The molecular formula is C27H26Cl2N6O5. The number of hydrogen-bond acceptors (Lipinski definition) is 6. The van der Waals surface area contributed by atoms with Crippen molar-refractivity contribution in [3.05, 3.63) is 82.3 Å². The smallest absolute Gasteiger partial charge is 0.320 e. The number of carbonyl (C=O) groups is 4. The summed E-state index contributed by atoms with van der Waals surface area (Å²) in [6.07, 6.45) is 0. The molecule has 1 atom stereocenters. The van der Waals surface area contributed by atoms with Crippen LogP contribution in [-0.2, 0) is 19.1 Å². The van der Waals surface area contributed by atoms with Crippen LogP contribution in [0.2, 0.25) is 10.0 Å². The summed E-state index contributed by atoms with van der Waals surface area (Å²) in [6, 6.07) is 18.7. The molecule has 11 nitrogen and oxygen atoms in total. The Kier molecular flexibility index (Phi) is 10.5. The highest BCUT2D eigenvalue weighted by Gasteiger charge is 2.29. The van der Waals surface area contributed by atoms with Gasteiger partial charge in [-0.15, -0.1) is 0 Å². The number of rotatable bonds is 10. The lowest BCUT2D eigenvalue weighted by atomic mass is 10.0. The van der Waals surface area contributed by atoms with Gasteiger partial charge in [0.15, 0.2) is 11.9 Å². The lowest BCUT2D eigenvalue weighted by Crippen LogP contribution is -2.43. The van der Waals surface area contributed by atoms with E-state index in [1.165, 1.54) is 12.1 Å². The first-order chi connectivity index (χ1) is 19.1. The Hall–Kier alpha value is -4.61. The molecule has 0 spiro atoms. The number of methoxy groups -OCH3 is 1. The number of hydrogen-bond donors (Lipinski definition) is 5. The third kappa shape index (κ3) is 8.19. The summed E-state index contributed by atoms with van der Waals surface area (Å²) >= 11 is 12.8. The Morgan fingerprint density at radius 3 is 2.20 bits per heavy atom. The second-order valence-corrected chi connectivity index (χ2v) is 9.13. The fraction of sp³-hybridized carbons (Fsp3) is 0.148. The molecule has 208 valence electrons. The highest BCUT2D eigenvalue weighted by atomic mass is 35.5. The number of benzene rings is 3. The molecule has 0 aliphatic rings. The summed E-state index contributed by atoms with van der Waals surface area (Å²) < 4.78 is 4.72. The van der Waals surface area contributed by atoms with Crippen molar-refractivity contribution in [2.75, 3.05) is 25.5 Å². The Bertz CT molecular complexity index is 1420. The first kappa shape index (κ1) is 29.9. The summed E-state index contributed by atoms with van der Waals surface area (Å²) in [6.45, 7) is -0.843. The topological polar surface area (TPSA) is 178 Å². The van der Waals surface area contributed by atoms with Gasteiger partial charge >= 0.3 is 5.97 Å². The fourth-order valence-electron chi connectivity index (χ4n) is 3.53. The maximum absolute atomic E-state index is 13.0. The monoisotopic (exact) mass is 584 g/mol. The number of halogens is 2. The van der Waals surface area contributed by atoms with Gasteiger partial charge in [0.25, 0.3) is 5.91 Å². The number of aliphatic imine (C=N–C) groups is 1. The minimum Gasteiger partial charge on any atom is -0.468 e. The first-order valence-corrected chi connectivity index (χ1v) is 12.5. The van der Waals surface area contributed by atoms with E-state index in [4.69, 9.17) is 39.4 Å². The number of nitrogens with zero attached hydrogens (tertiary/aromatic N) is 1. The van der Waals surface area contributed by atoms with Gasteiger partial charge in [-0.05, 0) is 41.5 Å². The molecule has 0 saturated carbocycles. The summed E-state index contributed by atoms with van der Waals surface area (Å²) in [7, 11) is 1.11. The first-order valence-electron chi connectivity index (χ1n) is 11.8. The van der Waals surface area contributed by atoms with E-state index in [9.17, 15) is 19.2 Å². The molecule has 3 amide bonds. The van der Waals surface area contributed by atoms with E-state index >= 15 is 0 Å². The molecule has 3 aromatic rings. The quantitative estimate of drug-likeness (QED) is 0.105. The molecule has 0 radical (unpaired) electrons. The van der Waals surface area contributed by atoms with Crippen LogP contribution in [0.1, 0.15) is 10.4 Å². The van der Waals surface area contributed by atoms with Crippen molar-refractivity contribution in [3.8, 4) is 11.1 Å². The number of esters is 1. The van der Waals surface area contributed by atoms with Gasteiger partial charge in [-0.25, -0.2) is 4.99 Å². The zero-order valence-corrected chi connectivity index (χ0v) is 22.8. The van der Waals surface area contributed by atoms with Crippen LogP contribution in [0, 0.1) is 5.92 Å². The number of amides is 3. The number of guanidine groups is 1.